The molecule has 0 bridgehead atoms. The van der Waals surface area contributed by atoms with E-state index >= 15 is 0 Å². The molecule has 10 heteroatoms. The third-order valence-corrected chi connectivity index (χ3v) is 4.51. The number of alkyl halides is 5. The van der Waals surface area contributed by atoms with Crippen LogP contribution in [0.25, 0.3) is 21.8 Å². The number of rotatable bonds is 4. The van der Waals surface area contributed by atoms with E-state index in [9.17, 15) is 22.0 Å². The fourth-order valence-electron chi connectivity index (χ4n) is 3.05. The lowest BCUT2D eigenvalue weighted by atomic mass is 10.1. The summed E-state index contributed by atoms with van der Waals surface area (Å²) in [6.07, 6.45) is -3.57. The first-order valence-electron chi connectivity index (χ1n) is 8.23. The SMILES string of the molecule is FC(F)n1ccc2c3cccc(Cl)c3nc(Nc3ccc(OC(F)(F)F)cc3)c21. The van der Waals surface area contributed by atoms with Gasteiger partial charge in [0.25, 0.3) is 0 Å². The minimum absolute atomic E-state index is 0.0930. The number of para-hydroxylation sites is 1. The standard InChI is InChI=1S/C19H11ClF5N3O/c20-14-3-1-2-12-13-8-9-28(18(21)22)16(13)17(27-15(12)14)26-10-4-6-11(7-5-10)29-19(23,24)25/h1-9,18H,(H,26,27). The number of pyridine rings is 1. The van der Waals surface area contributed by atoms with Crippen LogP contribution < -0.4 is 10.1 Å². The second-order valence-corrected chi connectivity index (χ2v) is 6.46. The van der Waals surface area contributed by atoms with E-state index in [-0.39, 0.29) is 11.3 Å². The molecule has 4 rings (SSSR count). The number of aromatic nitrogens is 2. The lowest BCUT2D eigenvalue weighted by molar-refractivity contribution is -0.274. The van der Waals surface area contributed by atoms with Gasteiger partial charge in [-0.3, -0.25) is 4.57 Å². The Morgan fingerprint density at radius 1 is 1.00 bits per heavy atom. The number of nitrogens with one attached hydrogen (secondary N) is 1. The number of halogens is 6. The van der Waals surface area contributed by atoms with Gasteiger partial charge in [-0.05, 0) is 36.4 Å². The molecule has 1 N–H and O–H groups in total. The van der Waals surface area contributed by atoms with Crippen LogP contribution in [0.15, 0.2) is 54.7 Å². The van der Waals surface area contributed by atoms with Gasteiger partial charge < -0.3 is 10.1 Å². The molecule has 0 aliphatic carbocycles. The van der Waals surface area contributed by atoms with E-state index in [1.807, 2.05) is 0 Å². The molecule has 2 aromatic carbocycles. The van der Waals surface area contributed by atoms with Crippen LogP contribution in [0.2, 0.25) is 5.02 Å². The van der Waals surface area contributed by atoms with Gasteiger partial charge in [0.05, 0.1) is 16.1 Å². The van der Waals surface area contributed by atoms with Crippen molar-refractivity contribution in [3.05, 3.63) is 59.8 Å². The summed E-state index contributed by atoms with van der Waals surface area (Å²) < 4.78 is 68.5. The number of benzene rings is 2. The molecule has 150 valence electrons. The fourth-order valence-corrected chi connectivity index (χ4v) is 3.27. The van der Waals surface area contributed by atoms with Crippen LogP contribution in [0.4, 0.5) is 33.5 Å². The molecule has 0 aliphatic rings. The number of ether oxygens (including phenoxy) is 1. The second-order valence-electron chi connectivity index (χ2n) is 6.06. The molecule has 29 heavy (non-hydrogen) atoms. The smallest absolute Gasteiger partial charge is 0.406 e. The van der Waals surface area contributed by atoms with Crippen LogP contribution >= 0.6 is 11.6 Å². The maximum absolute atomic E-state index is 13.5. The Morgan fingerprint density at radius 2 is 1.72 bits per heavy atom. The third-order valence-electron chi connectivity index (χ3n) is 4.20. The van der Waals surface area contributed by atoms with E-state index in [4.69, 9.17) is 11.6 Å². The zero-order valence-corrected chi connectivity index (χ0v) is 15.1. The average Bonchev–Trinajstić information content (AvgIpc) is 3.09. The summed E-state index contributed by atoms with van der Waals surface area (Å²) in [4.78, 5) is 4.39. The maximum Gasteiger partial charge on any atom is 0.573 e. The highest BCUT2D eigenvalue weighted by atomic mass is 35.5. The maximum atomic E-state index is 13.5. The normalized spacial score (nSPS) is 12.1. The number of hydrogen-bond acceptors (Lipinski definition) is 3. The molecule has 0 fully saturated rings. The summed E-state index contributed by atoms with van der Waals surface area (Å²) >= 11 is 6.22. The van der Waals surface area contributed by atoms with Crippen molar-refractivity contribution < 1.29 is 26.7 Å². The molecule has 0 atom stereocenters. The van der Waals surface area contributed by atoms with Gasteiger partial charge in [0.2, 0.25) is 0 Å². The molecule has 2 heterocycles. The van der Waals surface area contributed by atoms with Gasteiger partial charge in [-0.15, -0.1) is 13.2 Å². The predicted molar refractivity (Wildman–Crippen MR) is 99.9 cm³/mol. The Balaban J connectivity index is 1.81. The zero-order chi connectivity index (χ0) is 20.8. The molecule has 0 amide bonds. The topological polar surface area (TPSA) is 39.1 Å². The summed E-state index contributed by atoms with van der Waals surface area (Å²) in [5.74, 6) is -0.311. The first-order valence-corrected chi connectivity index (χ1v) is 8.60. The molecular weight excluding hydrogens is 417 g/mol. The van der Waals surface area contributed by atoms with Gasteiger partial charge in [-0.25, -0.2) is 4.98 Å². The molecule has 4 nitrogen and oxygen atoms in total. The van der Waals surface area contributed by atoms with Gasteiger partial charge in [0, 0.05) is 22.7 Å². The molecule has 0 spiro atoms. The van der Waals surface area contributed by atoms with Crippen molar-refractivity contribution in [2.75, 3.05) is 5.32 Å². The van der Waals surface area contributed by atoms with Crippen LogP contribution in [0, 0.1) is 0 Å². The monoisotopic (exact) mass is 427 g/mol. The van der Waals surface area contributed by atoms with Crippen molar-refractivity contribution in [3.63, 3.8) is 0 Å². The number of fused-ring (bicyclic) bond motifs is 3. The van der Waals surface area contributed by atoms with Gasteiger partial charge >= 0.3 is 12.9 Å². The Kier molecular flexibility index (Phi) is 4.70. The quantitative estimate of drug-likeness (QED) is 0.361. The molecule has 0 saturated heterocycles. The van der Waals surface area contributed by atoms with Gasteiger partial charge in [-0.2, -0.15) is 8.78 Å². The minimum Gasteiger partial charge on any atom is -0.406 e. The zero-order valence-electron chi connectivity index (χ0n) is 14.3. The van der Waals surface area contributed by atoms with Crippen molar-refractivity contribution in [1.29, 1.82) is 0 Å². The highest BCUT2D eigenvalue weighted by Crippen LogP contribution is 2.36. The minimum atomic E-state index is -4.81. The second kappa shape index (κ2) is 7.07. The Bertz CT molecular complexity index is 1190. The summed E-state index contributed by atoms with van der Waals surface area (Å²) in [6.45, 7) is -2.81. The summed E-state index contributed by atoms with van der Waals surface area (Å²) in [6, 6.07) is 11.4. The van der Waals surface area contributed by atoms with E-state index in [1.54, 1.807) is 18.2 Å². The molecule has 2 aromatic heterocycles. The molecule has 0 aliphatic heterocycles. The average molecular weight is 428 g/mol. The van der Waals surface area contributed by atoms with E-state index in [0.29, 0.717) is 27.0 Å². The van der Waals surface area contributed by atoms with E-state index in [1.165, 1.54) is 24.4 Å². The van der Waals surface area contributed by atoms with Crippen LogP contribution in [0.5, 0.6) is 5.75 Å². The Morgan fingerprint density at radius 3 is 2.38 bits per heavy atom. The highest BCUT2D eigenvalue weighted by Gasteiger charge is 2.31. The summed E-state index contributed by atoms with van der Waals surface area (Å²) in [5, 5.41) is 4.33. The van der Waals surface area contributed by atoms with E-state index in [2.05, 4.69) is 15.0 Å². The number of anilines is 2. The van der Waals surface area contributed by atoms with Crippen LogP contribution in [0.1, 0.15) is 6.55 Å². The predicted octanol–water partition coefficient (Wildman–Crippen LogP) is 6.88. The number of hydrogen-bond donors (Lipinski definition) is 1. The molecule has 0 unspecified atom stereocenters. The lowest BCUT2D eigenvalue weighted by Gasteiger charge is -2.14. The lowest BCUT2D eigenvalue weighted by Crippen LogP contribution is -2.17. The Labute approximate surface area is 165 Å². The molecule has 0 radical (unpaired) electrons. The van der Waals surface area contributed by atoms with Crippen molar-refractivity contribution in [2.24, 2.45) is 0 Å². The van der Waals surface area contributed by atoms with Crippen molar-refractivity contribution >= 4 is 44.9 Å². The summed E-state index contributed by atoms with van der Waals surface area (Å²) in [7, 11) is 0. The van der Waals surface area contributed by atoms with Crippen LogP contribution in [0.3, 0.4) is 0 Å². The van der Waals surface area contributed by atoms with Crippen molar-refractivity contribution in [3.8, 4) is 5.75 Å². The van der Waals surface area contributed by atoms with Crippen molar-refractivity contribution in [1.82, 2.24) is 9.55 Å². The van der Waals surface area contributed by atoms with Crippen LogP contribution in [-0.2, 0) is 0 Å². The number of nitrogens with zero attached hydrogens (tertiary/aromatic N) is 2. The van der Waals surface area contributed by atoms with Crippen LogP contribution in [-0.4, -0.2) is 15.9 Å². The van der Waals surface area contributed by atoms with Gasteiger partial charge in [0.1, 0.15) is 5.75 Å². The Hall–Kier alpha value is -3.07. The fraction of sp³-hybridized carbons (Fsp3) is 0.105. The summed E-state index contributed by atoms with van der Waals surface area (Å²) in [5.41, 5.74) is 0.889. The largest absolute Gasteiger partial charge is 0.573 e. The third kappa shape index (κ3) is 3.77. The first kappa shape index (κ1) is 19.3. The van der Waals surface area contributed by atoms with Crippen molar-refractivity contribution in [2.45, 2.75) is 12.9 Å². The van der Waals surface area contributed by atoms with Gasteiger partial charge in [-0.1, -0.05) is 23.7 Å². The first-order chi connectivity index (χ1) is 13.7. The van der Waals surface area contributed by atoms with E-state index in [0.717, 1.165) is 16.7 Å². The van der Waals surface area contributed by atoms with Gasteiger partial charge in [0.15, 0.2) is 5.82 Å². The molecular formula is C19H11ClF5N3O. The van der Waals surface area contributed by atoms with E-state index < -0.39 is 18.7 Å². The highest BCUT2D eigenvalue weighted by molar-refractivity contribution is 6.36. The molecule has 0 saturated carbocycles. The molecule has 4 aromatic rings.